The maximum absolute atomic E-state index is 10.6. The minimum atomic E-state index is -0.241. The van der Waals surface area contributed by atoms with E-state index in [-0.39, 0.29) is 11.4 Å². The number of hydrogen-bond donors (Lipinski definition) is 2. The number of aliphatic hydroxyl groups is 1. The number of thiazole rings is 1. The van der Waals surface area contributed by atoms with Crippen LogP contribution in [0.5, 0.6) is 5.75 Å². The standard InChI is InChI=1S/C24H25N3O2S/c1-24(2,3)29-18-11-9-16(10-12-18)13-27-14-20(28)21(22(27)25)23-26-19(15-30-23)17-7-5-4-6-8-17/h4-12,15,25,28H,13-14H2,1-3H3. The molecule has 6 heteroatoms. The van der Waals surface area contributed by atoms with Crippen molar-refractivity contribution < 1.29 is 9.84 Å². The zero-order chi connectivity index (χ0) is 21.3. The fourth-order valence-electron chi connectivity index (χ4n) is 3.36. The largest absolute Gasteiger partial charge is 0.510 e. The van der Waals surface area contributed by atoms with Crippen LogP contribution in [-0.4, -0.2) is 33.0 Å². The van der Waals surface area contributed by atoms with Crippen molar-refractivity contribution >= 4 is 22.7 Å². The van der Waals surface area contributed by atoms with Crippen LogP contribution in [0.1, 0.15) is 31.3 Å². The Labute approximate surface area is 180 Å². The van der Waals surface area contributed by atoms with Crippen molar-refractivity contribution in [1.29, 1.82) is 5.41 Å². The fraction of sp³-hybridized carbons (Fsp3) is 0.250. The number of benzene rings is 2. The molecule has 0 unspecified atom stereocenters. The van der Waals surface area contributed by atoms with Crippen molar-refractivity contribution in [2.24, 2.45) is 0 Å². The predicted octanol–water partition coefficient (Wildman–Crippen LogP) is 5.75. The monoisotopic (exact) mass is 419 g/mol. The Morgan fingerprint density at radius 3 is 2.47 bits per heavy atom. The smallest absolute Gasteiger partial charge is 0.135 e. The summed E-state index contributed by atoms with van der Waals surface area (Å²) in [4.78, 5) is 6.52. The third kappa shape index (κ3) is 4.39. The second-order valence-corrected chi connectivity index (χ2v) is 9.15. The molecule has 2 N–H and O–H groups in total. The van der Waals surface area contributed by atoms with Gasteiger partial charge in [0.1, 0.15) is 28.0 Å². The third-order valence-electron chi connectivity index (χ3n) is 4.69. The van der Waals surface area contributed by atoms with E-state index in [0.717, 1.165) is 22.6 Å². The SMILES string of the molecule is CC(C)(C)Oc1ccc(CN2CC(O)=C(c3nc(-c4ccccc4)cs3)C2=N)cc1. The Balaban J connectivity index is 1.47. The van der Waals surface area contributed by atoms with E-state index in [4.69, 9.17) is 10.1 Å². The number of rotatable bonds is 5. The molecule has 2 aromatic carbocycles. The zero-order valence-electron chi connectivity index (χ0n) is 17.3. The second-order valence-electron chi connectivity index (χ2n) is 8.29. The van der Waals surface area contributed by atoms with Crippen LogP contribution in [0.25, 0.3) is 16.8 Å². The second kappa shape index (κ2) is 7.95. The summed E-state index contributed by atoms with van der Waals surface area (Å²) in [6, 6.07) is 17.8. The average Bonchev–Trinajstić information content (AvgIpc) is 3.28. The molecule has 30 heavy (non-hydrogen) atoms. The first-order valence-corrected chi connectivity index (χ1v) is 10.7. The lowest BCUT2D eigenvalue weighted by molar-refractivity contribution is 0.131. The number of aromatic nitrogens is 1. The maximum atomic E-state index is 10.6. The molecule has 2 heterocycles. The highest BCUT2D eigenvalue weighted by Gasteiger charge is 2.30. The van der Waals surface area contributed by atoms with Gasteiger partial charge in [-0.05, 0) is 38.5 Å². The van der Waals surface area contributed by atoms with E-state index in [9.17, 15) is 5.11 Å². The first-order valence-electron chi connectivity index (χ1n) is 9.85. The van der Waals surface area contributed by atoms with Crippen LogP contribution in [-0.2, 0) is 6.54 Å². The molecule has 0 amide bonds. The van der Waals surface area contributed by atoms with Gasteiger partial charge in [0.25, 0.3) is 0 Å². The van der Waals surface area contributed by atoms with Gasteiger partial charge in [0.2, 0.25) is 0 Å². The Hall–Kier alpha value is -3.12. The lowest BCUT2D eigenvalue weighted by atomic mass is 10.1. The summed E-state index contributed by atoms with van der Waals surface area (Å²) in [6.45, 7) is 6.91. The molecular weight excluding hydrogens is 394 g/mol. The lowest BCUT2D eigenvalue weighted by Crippen LogP contribution is -2.26. The van der Waals surface area contributed by atoms with Gasteiger partial charge in [-0.15, -0.1) is 11.3 Å². The molecule has 0 aliphatic carbocycles. The molecule has 0 atom stereocenters. The maximum Gasteiger partial charge on any atom is 0.135 e. The number of ether oxygens (including phenoxy) is 1. The van der Waals surface area contributed by atoms with E-state index in [0.29, 0.717) is 29.5 Å². The molecule has 0 bridgehead atoms. The zero-order valence-corrected chi connectivity index (χ0v) is 18.2. The van der Waals surface area contributed by atoms with Crippen LogP contribution >= 0.6 is 11.3 Å². The van der Waals surface area contributed by atoms with Crippen molar-refractivity contribution in [2.45, 2.75) is 32.9 Å². The first-order chi connectivity index (χ1) is 14.3. The molecule has 1 aliphatic rings. The molecule has 0 radical (unpaired) electrons. The van der Waals surface area contributed by atoms with Crippen molar-refractivity contribution in [3.8, 4) is 17.0 Å². The highest BCUT2D eigenvalue weighted by atomic mass is 32.1. The normalized spacial score (nSPS) is 14.5. The van der Waals surface area contributed by atoms with Crippen LogP contribution in [0.2, 0.25) is 0 Å². The van der Waals surface area contributed by atoms with Gasteiger partial charge in [-0.1, -0.05) is 42.5 Å². The summed E-state index contributed by atoms with van der Waals surface area (Å²) < 4.78 is 5.87. The van der Waals surface area contributed by atoms with Crippen molar-refractivity contribution in [3.63, 3.8) is 0 Å². The van der Waals surface area contributed by atoms with Gasteiger partial charge in [0.15, 0.2) is 0 Å². The minimum absolute atomic E-state index is 0.196. The number of aliphatic hydroxyl groups excluding tert-OH is 1. The summed E-state index contributed by atoms with van der Waals surface area (Å²) >= 11 is 1.45. The van der Waals surface area contributed by atoms with Gasteiger partial charge in [0.05, 0.1) is 17.8 Å². The quantitative estimate of drug-likeness (QED) is 0.552. The van der Waals surface area contributed by atoms with Gasteiger partial charge in [-0.2, -0.15) is 0 Å². The first kappa shape index (κ1) is 20.2. The van der Waals surface area contributed by atoms with Crippen molar-refractivity contribution in [2.75, 3.05) is 6.54 Å². The molecule has 0 saturated heterocycles. The van der Waals surface area contributed by atoms with Crippen LogP contribution in [0.15, 0.2) is 65.7 Å². The molecule has 154 valence electrons. The Morgan fingerprint density at radius 1 is 1.10 bits per heavy atom. The van der Waals surface area contributed by atoms with Gasteiger partial charge in [-0.3, -0.25) is 5.41 Å². The van der Waals surface area contributed by atoms with Crippen LogP contribution < -0.4 is 4.74 Å². The number of nitrogens with zero attached hydrogens (tertiary/aromatic N) is 2. The van der Waals surface area contributed by atoms with Gasteiger partial charge < -0.3 is 14.7 Å². The Morgan fingerprint density at radius 2 is 1.80 bits per heavy atom. The van der Waals surface area contributed by atoms with Crippen LogP contribution in [0.3, 0.4) is 0 Å². The van der Waals surface area contributed by atoms with Gasteiger partial charge >= 0.3 is 0 Å². The Kier molecular flexibility index (Phi) is 5.35. The molecule has 4 rings (SSSR count). The van der Waals surface area contributed by atoms with Crippen LogP contribution in [0, 0.1) is 5.41 Å². The summed E-state index contributed by atoms with van der Waals surface area (Å²) in [5, 5.41) is 21.8. The van der Waals surface area contributed by atoms with Crippen LogP contribution in [0.4, 0.5) is 0 Å². The minimum Gasteiger partial charge on any atom is -0.510 e. The summed E-state index contributed by atoms with van der Waals surface area (Å²) in [5.74, 6) is 1.32. The van der Waals surface area contributed by atoms with E-state index in [1.54, 1.807) is 0 Å². The molecular formula is C24H25N3O2S. The summed E-state index contributed by atoms with van der Waals surface area (Å²) in [5.41, 5.74) is 3.22. The van der Waals surface area contributed by atoms with E-state index in [2.05, 4.69) is 4.98 Å². The molecule has 5 nitrogen and oxygen atoms in total. The topological polar surface area (TPSA) is 69.4 Å². The summed E-state index contributed by atoms with van der Waals surface area (Å²) in [7, 11) is 0. The average molecular weight is 420 g/mol. The Bertz CT molecular complexity index is 1080. The molecule has 0 fully saturated rings. The van der Waals surface area contributed by atoms with Crippen molar-refractivity contribution in [3.05, 3.63) is 76.3 Å². The number of nitrogens with one attached hydrogen (secondary N) is 1. The number of amidine groups is 1. The predicted molar refractivity (Wildman–Crippen MR) is 122 cm³/mol. The number of hydrogen-bond acceptors (Lipinski definition) is 5. The fourth-order valence-corrected chi connectivity index (χ4v) is 4.26. The van der Waals surface area contributed by atoms with Crippen molar-refractivity contribution in [1.82, 2.24) is 9.88 Å². The summed E-state index contributed by atoms with van der Waals surface area (Å²) in [6.07, 6.45) is 0. The highest BCUT2D eigenvalue weighted by molar-refractivity contribution is 7.11. The third-order valence-corrected chi connectivity index (χ3v) is 5.55. The molecule has 1 aliphatic heterocycles. The molecule has 3 aromatic rings. The lowest BCUT2D eigenvalue weighted by Gasteiger charge is -2.22. The molecule has 1 aromatic heterocycles. The van der Waals surface area contributed by atoms with Gasteiger partial charge in [-0.25, -0.2) is 4.98 Å². The van der Waals surface area contributed by atoms with E-state index < -0.39 is 0 Å². The molecule has 0 spiro atoms. The highest BCUT2D eigenvalue weighted by Crippen LogP contribution is 2.33. The molecule has 0 saturated carbocycles. The van der Waals surface area contributed by atoms with E-state index in [1.807, 2.05) is 85.6 Å². The van der Waals surface area contributed by atoms with E-state index >= 15 is 0 Å². The van der Waals surface area contributed by atoms with E-state index in [1.165, 1.54) is 11.3 Å². The van der Waals surface area contributed by atoms with Gasteiger partial charge in [0, 0.05) is 17.5 Å².